The second kappa shape index (κ2) is 7.30. The number of hydrogen-bond donors (Lipinski definition) is 1. The van der Waals surface area contributed by atoms with E-state index < -0.39 is 33.7 Å². The van der Waals surface area contributed by atoms with Crippen LogP contribution in [0, 0.1) is 0 Å². The lowest BCUT2D eigenvalue weighted by Crippen LogP contribution is -2.40. The van der Waals surface area contributed by atoms with Crippen molar-refractivity contribution >= 4 is 33.4 Å². The molecule has 8 nitrogen and oxygen atoms in total. The van der Waals surface area contributed by atoms with Crippen molar-refractivity contribution in [2.45, 2.75) is 43.7 Å². The number of nitrogens with zero attached hydrogens (tertiary/aromatic N) is 1. The topological polar surface area (TPSA) is 102 Å². The van der Waals surface area contributed by atoms with E-state index in [1.54, 1.807) is 20.8 Å². The molecule has 2 rings (SSSR count). The Labute approximate surface area is 151 Å². The molecule has 2 heterocycles. The molecule has 1 aromatic heterocycles. The van der Waals surface area contributed by atoms with Crippen LogP contribution in [0.3, 0.4) is 0 Å². The minimum Gasteiger partial charge on any atom is -0.465 e. The van der Waals surface area contributed by atoms with Gasteiger partial charge in [0.1, 0.15) is 15.4 Å². The van der Waals surface area contributed by atoms with E-state index in [0.29, 0.717) is 13.0 Å². The van der Waals surface area contributed by atoms with Gasteiger partial charge < -0.3 is 14.4 Å². The molecule has 1 N–H and O–H groups in total. The number of esters is 1. The summed E-state index contributed by atoms with van der Waals surface area (Å²) in [4.78, 5) is 25.1. The summed E-state index contributed by atoms with van der Waals surface area (Å²) in [5, 5.41) is 1.52. The summed E-state index contributed by atoms with van der Waals surface area (Å²) in [5.41, 5.74) is -0.610. The molecule has 25 heavy (non-hydrogen) atoms. The van der Waals surface area contributed by atoms with Crippen LogP contribution in [0.25, 0.3) is 0 Å². The smallest absolute Gasteiger partial charge is 0.410 e. The number of methoxy groups -OCH3 is 1. The maximum absolute atomic E-state index is 12.5. The minimum absolute atomic E-state index is 0.0250. The van der Waals surface area contributed by atoms with Gasteiger partial charge in [-0.2, -0.15) is 0 Å². The van der Waals surface area contributed by atoms with Crippen LogP contribution in [0.4, 0.5) is 4.79 Å². The number of rotatable bonds is 4. The normalized spacial score (nSPS) is 18.2. The molecule has 1 atom stereocenters. The number of nitrogens with one attached hydrogen (secondary N) is 1. The van der Waals surface area contributed by atoms with Crippen LogP contribution >= 0.6 is 11.3 Å². The first-order valence-corrected chi connectivity index (χ1v) is 10.1. The molecule has 1 saturated heterocycles. The fourth-order valence-electron chi connectivity index (χ4n) is 2.38. The molecule has 0 aromatic carbocycles. The first-order valence-electron chi connectivity index (χ1n) is 7.69. The van der Waals surface area contributed by atoms with Crippen LogP contribution in [0.5, 0.6) is 0 Å². The summed E-state index contributed by atoms with van der Waals surface area (Å²) in [6.45, 7) is 5.92. The van der Waals surface area contributed by atoms with Gasteiger partial charge in [0.25, 0.3) is 0 Å². The van der Waals surface area contributed by atoms with Crippen molar-refractivity contribution in [2.75, 3.05) is 20.2 Å². The first kappa shape index (κ1) is 19.7. The summed E-state index contributed by atoms with van der Waals surface area (Å²) in [7, 11) is -2.69. The zero-order valence-electron chi connectivity index (χ0n) is 14.6. The van der Waals surface area contributed by atoms with E-state index in [0.717, 1.165) is 11.3 Å². The van der Waals surface area contributed by atoms with Gasteiger partial charge >= 0.3 is 12.1 Å². The molecule has 0 aliphatic carbocycles. The van der Waals surface area contributed by atoms with Crippen molar-refractivity contribution in [3.8, 4) is 0 Å². The van der Waals surface area contributed by atoms with Crippen molar-refractivity contribution in [1.29, 1.82) is 0 Å². The lowest BCUT2D eigenvalue weighted by Gasteiger charge is -2.24. The molecule has 0 spiro atoms. The lowest BCUT2D eigenvalue weighted by molar-refractivity contribution is 0.0291. The van der Waals surface area contributed by atoms with Crippen molar-refractivity contribution in [3.63, 3.8) is 0 Å². The summed E-state index contributed by atoms with van der Waals surface area (Å²) in [6, 6.07) is 0.919. The molecule has 0 saturated carbocycles. The molecular weight excluding hydrogens is 368 g/mol. The predicted molar refractivity (Wildman–Crippen MR) is 92.2 cm³/mol. The highest BCUT2D eigenvalue weighted by Gasteiger charge is 2.33. The average molecular weight is 390 g/mol. The molecule has 0 bridgehead atoms. The monoisotopic (exact) mass is 390 g/mol. The number of carbonyl (C=O) groups excluding carboxylic acids is 2. The van der Waals surface area contributed by atoms with Gasteiger partial charge in [-0.1, -0.05) is 0 Å². The quantitative estimate of drug-likeness (QED) is 0.787. The molecule has 1 amide bonds. The van der Waals surface area contributed by atoms with Gasteiger partial charge in [-0.15, -0.1) is 11.3 Å². The minimum atomic E-state index is -3.89. The highest BCUT2D eigenvalue weighted by Crippen LogP contribution is 2.24. The number of likely N-dealkylation sites (tertiary alicyclic amines) is 1. The Morgan fingerprint density at radius 1 is 1.36 bits per heavy atom. The Bertz CT molecular complexity index is 750. The van der Waals surface area contributed by atoms with E-state index in [4.69, 9.17) is 4.74 Å². The third-order valence-corrected chi connectivity index (χ3v) is 6.04. The van der Waals surface area contributed by atoms with Gasteiger partial charge in [-0.25, -0.2) is 22.7 Å². The highest BCUT2D eigenvalue weighted by atomic mass is 32.2. The fraction of sp³-hybridized carbons (Fsp3) is 0.600. The van der Waals surface area contributed by atoms with Gasteiger partial charge in [0, 0.05) is 19.1 Å². The van der Waals surface area contributed by atoms with Gasteiger partial charge in [0.2, 0.25) is 10.0 Å². The van der Waals surface area contributed by atoms with Gasteiger partial charge in [-0.05, 0) is 38.6 Å². The van der Waals surface area contributed by atoms with Gasteiger partial charge in [-0.3, -0.25) is 0 Å². The van der Waals surface area contributed by atoms with Crippen molar-refractivity contribution in [1.82, 2.24) is 9.62 Å². The standard InChI is InChI=1S/C15H22N2O6S2/c1-15(2,3)23-14(19)17-7-5-10(9-17)16-25(20,21)11-6-8-24-12(11)13(18)22-4/h6,8,10,16H,5,7,9H2,1-4H3/t10-/m1/s1. The molecule has 10 heteroatoms. The molecular formula is C15H22N2O6S2. The number of amides is 1. The molecule has 140 valence electrons. The third-order valence-electron chi connectivity index (χ3n) is 3.45. The molecule has 1 fully saturated rings. The summed E-state index contributed by atoms with van der Waals surface area (Å²) in [5.74, 6) is -0.697. The van der Waals surface area contributed by atoms with Crippen molar-refractivity contribution in [2.24, 2.45) is 0 Å². The largest absolute Gasteiger partial charge is 0.465 e. The molecule has 0 unspecified atom stereocenters. The number of hydrogen-bond acceptors (Lipinski definition) is 7. The Hall–Kier alpha value is -1.65. The Morgan fingerprint density at radius 2 is 2.04 bits per heavy atom. The maximum atomic E-state index is 12.5. The van der Waals surface area contributed by atoms with Gasteiger partial charge in [0.15, 0.2) is 0 Å². The first-order chi connectivity index (χ1) is 11.5. The number of thiophene rings is 1. The van der Waals surface area contributed by atoms with Crippen LogP contribution in [-0.2, 0) is 19.5 Å². The zero-order chi connectivity index (χ0) is 18.8. The van der Waals surface area contributed by atoms with Gasteiger partial charge in [0.05, 0.1) is 7.11 Å². The molecule has 1 aromatic rings. The van der Waals surface area contributed by atoms with Crippen molar-refractivity contribution in [3.05, 3.63) is 16.3 Å². The predicted octanol–water partition coefficient (Wildman–Crippen LogP) is 1.82. The second-order valence-electron chi connectivity index (χ2n) is 6.64. The van der Waals surface area contributed by atoms with E-state index in [1.165, 1.54) is 23.5 Å². The lowest BCUT2D eigenvalue weighted by atomic mass is 10.2. The van der Waals surface area contributed by atoms with E-state index in [9.17, 15) is 18.0 Å². The third kappa shape index (κ3) is 4.93. The molecule has 0 radical (unpaired) electrons. The number of carbonyl (C=O) groups is 2. The SMILES string of the molecule is COC(=O)c1sccc1S(=O)(=O)N[C@@H]1CCN(C(=O)OC(C)(C)C)C1. The van der Waals surface area contributed by atoms with E-state index in [-0.39, 0.29) is 16.3 Å². The maximum Gasteiger partial charge on any atom is 0.410 e. The summed E-state index contributed by atoms with van der Waals surface area (Å²) < 4.78 is 37.5. The van der Waals surface area contributed by atoms with Crippen LogP contribution in [0.15, 0.2) is 16.3 Å². The summed E-state index contributed by atoms with van der Waals surface area (Å²) in [6.07, 6.45) is -0.00382. The van der Waals surface area contributed by atoms with Crippen molar-refractivity contribution < 1.29 is 27.5 Å². The Morgan fingerprint density at radius 3 is 2.64 bits per heavy atom. The van der Waals surface area contributed by atoms with Crippen LogP contribution in [-0.4, -0.2) is 57.2 Å². The molecule has 1 aliphatic rings. The average Bonchev–Trinajstić information content (AvgIpc) is 3.13. The fourth-order valence-corrected chi connectivity index (χ4v) is 4.98. The Kier molecular flexibility index (Phi) is 5.75. The highest BCUT2D eigenvalue weighted by molar-refractivity contribution is 7.89. The summed E-state index contributed by atoms with van der Waals surface area (Å²) >= 11 is 1.00. The molecule has 1 aliphatic heterocycles. The van der Waals surface area contributed by atoms with Crippen LogP contribution in [0.1, 0.15) is 36.9 Å². The zero-order valence-corrected chi connectivity index (χ0v) is 16.2. The van der Waals surface area contributed by atoms with Crippen LogP contribution < -0.4 is 4.72 Å². The van der Waals surface area contributed by atoms with Crippen LogP contribution in [0.2, 0.25) is 0 Å². The van der Waals surface area contributed by atoms with E-state index >= 15 is 0 Å². The second-order valence-corrected chi connectivity index (χ2v) is 9.24. The number of sulfonamides is 1. The number of ether oxygens (including phenoxy) is 2. The Balaban J connectivity index is 2.05. The van der Waals surface area contributed by atoms with E-state index in [1.807, 2.05) is 0 Å². The van der Waals surface area contributed by atoms with E-state index in [2.05, 4.69) is 9.46 Å².